The molecule has 1 aliphatic rings. The Morgan fingerprint density at radius 3 is 3.09 bits per heavy atom. The molecule has 0 fully saturated rings. The van der Waals surface area contributed by atoms with E-state index in [1.54, 1.807) is 0 Å². The lowest BCUT2D eigenvalue weighted by Gasteiger charge is -2.21. The Morgan fingerprint density at radius 2 is 2.55 bits per heavy atom. The second kappa shape index (κ2) is 4.01. The summed E-state index contributed by atoms with van der Waals surface area (Å²) in [5.41, 5.74) is 0. The van der Waals surface area contributed by atoms with Crippen LogP contribution in [0.3, 0.4) is 0 Å². The number of esters is 1. The zero-order valence-corrected chi connectivity index (χ0v) is 6.75. The van der Waals surface area contributed by atoms with Gasteiger partial charge in [0.25, 0.3) is 0 Å². The largest absolute Gasteiger partial charge is 0.468 e. The molecule has 0 aromatic heterocycles. The zero-order chi connectivity index (χ0) is 8.10. The molecule has 1 aliphatic heterocycles. The predicted molar refractivity (Wildman–Crippen MR) is 42.0 cm³/mol. The van der Waals surface area contributed by atoms with E-state index in [0.717, 1.165) is 19.4 Å². The van der Waals surface area contributed by atoms with Crippen LogP contribution in [0.2, 0.25) is 0 Å². The van der Waals surface area contributed by atoms with E-state index >= 15 is 0 Å². The highest BCUT2D eigenvalue weighted by atomic mass is 16.5. The first-order valence-electron chi connectivity index (χ1n) is 3.80. The molecule has 0 atom stereocenters. The normalized spacial score (nSPS) is 16.6. The molecule has 3 nitrogen and oxygen atoms in total. The van der Waals surface area contributed by atoms with Gasteiger partial charge in [0.05, 0.1) is 7.11 Å². The van der Waals surface area contributed by atoms with Crippen molar-refractivity contribution < 1.29 is 9.53 Å². The number of rotatable bonds is 2. The van der Waals surface area contributed by atoms with E-state index in [1.807, 2.05) is 11.1 Å². The van der Waals surface area contributed by atoms with Crippen LogP contribution >= 0.6 is 0 Å². The maximum Gasteiger partial charge on any atom is 0.325 e. The Labute approximate surface area is 66.6 Å². The van der Waals surface area contributed by atoms with E-state index in [1.165, 1.54) is 7.11 Å². The summed E-state index contributed by atoms with van der Waals surface area (Å²) in [5, 5.41) is 0. The maximum absolute atomic E-state index is 10.8. The van der Waals surface area contributed by atoms with Gasteiger partial charge in [-0.05, 0) is 19.0 Å². The molecule has 0 unspecified atom stereocenters. The molecule has 1 rings (SSSR count). The van der Waals surface area contributed by atoms with Crippen molar-refractivity contribution in [1.29, 1.82) is 0 Å². The molecule has 0 aromatic carbocycles. The Kier molecular flexibility index (Phi) is 2.95. The average Bonchev–Trinajstić information content (AvgIpc) is 2.06. The fourth-order valence-corrected chi connectivity index (χ4v) is 1.07. The van der Waals surface area contributed by atoms with Gasteiger partial charge in [-0.15, -0.1) is 0 Å². The van der Waals surface area contributed by atoms with Crippen molar-refractivity contribution in [2.24, 2.45) is 0 Å². The van der Waals surface area contributed by atoms with Gasteiger partial charge in [0.2, 0.25) is 0 Å². The van der Waals surface area contributed by atoms with Crippen LogP contribution < -0.4 is 0 Å². The summed E-state index contributed by atoms with van der Waals surface area (Å²) in [6, 6.07) is 0. The first kappa shape index (κ1) is 8.11. The van der Waals surface area contributed by atoms with Crippen molar-refractivity contribution in [3.05, 3.63) is 12.3 Å². The van der Waals surface area contributed by atoms with Gasteiger partial charge in [-0.25, -0.2) is 0 Å². The molecular weight excluding hydrogens is 142 g/mol. The third-order valence-corrected chi connectivity index (χ3v) is 1.69. The number of nitrogens with zero attached hydrogens (tertiary/aromatic N) is 1. The summed E-state index contributed by atoms with van der Waals surface area (Å²) in [5.74, 6) is -0.170. The highest BCUT2D eigenvalue weighted by Gasteiger charge is 2.07. The lowest BCUT2D eigenvalue weighted by molar-refractivity contribution is -0.141. The van der Waals surface area contributed by atoms with Crippen LogP contribution in [-0.4, -0.2) is 31.1 Å². The minimum atomic E-state index is -0.170. The number of ether oxygens (including phenoxy) is 1. The fourth-order valence-electron chi connectivity index (χ4n) is 1.07. The maximum atomic E-state index is 10.8. The highest BCUT2D eigenvalue weighted by molar-refractivity contribution is 5.71. The zero-order valence-electron chi connectivity index (χ0n) is 6.75. The summed E-state index contributed by atoms with van der Waals surface area (Å²) in [7, 11) is 1.41. The molecule has 3 heteroatoms. The molecule has 0 saturated carbocycles. The number of methoxy groups -OCH3 is 1. The molecule has 0 aliphatic carbocycles. The lowest BCUT2D eigenvalue weighted by Crippen LogP contribution is -2.28. The van der Waals surface area contributed by atoms with Gasteiger partial charge in [0, 0.05) is 6.54 Å². The van der Waals surface area contributed by atoms with Crippen molar-refractivity contribution in [1.82, 2.24) is 4.90 Å². The molecule has 0 N–H and O–H groups in total. The average molecular weight is 155 g/mol. The number of hydrogen-bond donors (Lipinski definition) is 0. The van der Waals surface area contributed by atoms with Crippen LogP contribution in [-0.2, 0) is 9.53 Å². The molecule has 0 amide bonds. The van der Waals surface area contributed by atoms with Crippen LogP contribution in [0.15, 0.2) is 12.3 Å². The van der Waals surface area contributed by atoms with Crippen molar-refractivity contribution in [2.75, 3.05) is 20.2 Å². The van der Waals surface area contributed by atoms with E-state index < -0.39 is 0 Å². The van der Waals surface area contributed by atoms with Crippen LogP contribution in [0.4, 0.5) is 0 Å². The number of allylic oxidation sites excluding steroid dienone is 1. The number of carbonyl (C=O) groups excluding carboxylic acids is 1. The smallest absolute Gasteiger partial charge is 0.325 e. The van der Waals surface area contributed by atoms with Crippen molar-refractivity contribution in [3.63, 3.8) is 0 Å². The third kappa shape index (κ3) is 2.62. The van der Waals surface area contributed by atoms with Crippen molar-refractivity contribution >= 4 is 5.97 Å². The Balaban J connectivity index is 2.30. The monoisotopic (exact) mass is 155 g/mol. The van der Waals surface area contributed by atoms with Gasteiger partial charge in [-0.1, -0.05) is 6.08 Å². The molecule has 0 spiro atoms. The molecule has 0 saturated heterocycles. The topological polar surface area (TPSA) is 29.5 Å². The molecule has 62 valence electrons. The van der Waals surface area contributed by atoms with Gasteiger partial charge < -0.3 is 9.64 Å². The molecule has 1 heterocycles. The number of carbonyl (C=O) groups is 1. The molecule has 0 aromatic rings. The summed E-state index contributed by atoms with van der Waals surface area (Å²) in [6.45, 7) is 1.35. The Bertz CT molecular complexity index is 165. The second-order valence-electron chi connectivity index (χ2n) is 2.57. The minimum Gasteiger partial charge on any atom is -0.468 e. The highest BCUT2D eigenvalue weighted by Crippen LogP contribution is 2.04. The van der Waals surface area contributed by atoms with Gasteiger partial charge in [-0.3, -0.25) is 4.79 Å². The van der Waals surface area contributed by atoms with E-state index in [-0.39, 0.29) is 5.97 Å². The predicted octanol–water partition coefficient (Wildman–Crippen LogP) is 0.769. The van der Waals surface area contributed by atoms with Gasteiger partial charge in [0.15, 0.2) is 0 Å². The van der Waals surface area contributed by atoms with Crippen LogP contribution in [0, 0.1) is 0 Å². The standard InChI is InChI=1S/C8H13NO2/c1-11-8(10)7-9-5-3-2-4-6-9/h3,5H,2,4,6-7H2,1H3. The summed E-state index contributed by atoms with van der Waals surface area (Å²) < 4.78 is 4.54. The first-order valence-corrected chi connectivity index (χ1v) is 3.80. The summed E-state index contributed by atoms with van der Waals surface area (Å²) >= 11 is 0. The van der Waals surface area contributed by atoms with E-state index in [9.17, 15) is 4.79 Å². The van der Waals surface area contributed by atoms with Crippen LogP contribution in [0.1, 0.15) is 12.8 Å². The molecular formula is C8H13NO2. The third-order valence-electron chi connectivity index (χ3n) is 1.69. The van der Waals surface area contributed by atoms with Crippen LogP contribution in [0.5, 0.6) is 0 Å². The molecule has 0 bridgehead atoms. The lowest BCUT2D eigenvalue weighted by atomic mass is 10.2. The number of hydrogen-bond acceptors (Lipinski definition) is 3. The molecule has 0 radical (unpaired) electrons. The fraction of sp³-hybridized carbons (Fsp3) is 0.625. The Morgan fingerprint density at radius 1 is 1.73 bits per heavy atom. The SMILES string of the molecule is COC(=O)CN1C=CCCC1. The van der Waals surface area contributed by atoms with Crippen LogP contribution in [0.25, 0.3) is 0 Å². The van der Waals surface area contributed by atoms with E-state index in [2.05, 4.69) is 10.8 Å². The summed E-state index contributed by atoms with van der Waals surface area (Å²) in [4.78, 5) is 12.7. The van der Waals surface area contributed by atoms with Crippen molar-refractivity contribution in [3.8, 4) is 0 Å². The van der Waals surface area contributed by atoms with Gasteiger partial charge >= 0.3 is 5.97 Å². The van der Waals surface area contributed by atoms with Crippen molar-refractivity contribution in [2.45, 2.75) is 12.8 Å². The summed E-state index contributed by atoms with van der Waals surface area (Å²) in [6.07, 6.45) is 6.29. The second-order valence-corrected chi connectivity index (χ2v) is 2.57. The van der Waals surface area contributed by atoms with E-state index in [0.29, 0.717) is 6.54 Å². The quantitative estimate of drug-likeness (QED) is 0.551. The first-order chi connectivity index (χ1) is 5.33. The Hall–Kier alpha value is -0.990. The minimum absolute atomic E-state index is 0.170. The van der Waals surface area contributed by atoms with E-state index in [4.69, 9.17) is 0 Å². The van der Waals surface area contributed by atoms with Gasteiger partial charge in [0.1, 0.15) is 6.54 Å². The molecule has 11 heavy (non-hydrogen) atoms. The van der Waals surface area contributed by atoms with Gasteiger partial charge in [-0.2, -0.15) is 0 Å².